The maximum atomic E-state index is 5.82. The van der Waals surface area contributed by atoms with Crippen LogP contribution in [0.15, 0.2) is 35.3 Å². The third-order valence-electron chi connectivity index (χ3n) is 4.96. The number of hydrogen-bond acceptors (Lipinski definition) is 4. The number of fused-ring (bicyclic) bond motifs is 1. The van der Waals surface area contributed by atoms with Crippen molar-refractivity contribution < 1.29 is 4.74 Å². The molecule has 1 aromatic heterocycles. The van der Waals surface area contributed by atoms with Crippen LogP contribution in [-0.4, -0.2) is 40.9 Å². The number of benzene rings is 1. The molecular weight excluding hydrogens is 352 g/mol. The van der Waals surface area contributed by atoms with Crippen LogP contribution in [0.4, 0.5) is 0 Å². The summed E-state index contributed by atoms with van der Waals surface area (Å²) in [4.78, 5) is 4.31. The first-order valence-corrected chi connectivity index (χ1v) is 10.2. The lowest BCUT2D eigenvalue weighted by molar-refractivity contribution is 0.0931. The van der Waals surface area contributed by atoms with E-state index >= 15 is 0 Å². The minimum Gasteiger partial charge on any atom is -0.376 e. The molecule has 3 rings (SSSR count). The van der Waals surface area contributed by atoms with E-state index in [4.69, 9.17) is 4.74 Å². The van der Waals surface area contributed by atoms with E-state index < -0.39 is 0 Å². The zero-order valence-corrected chi connectivity index (χ0v) is 17.0. The average Bonchev–Trinajstić information content (AvgIpc) is 2.95. The highest BCUT2D eigenvalue weighted by molar-refractivity contribution is 5.79. The van der Waals surface area contributed by atoms with Gasteiger partial charge in [-0.1, -0.05) is 43.7 Å². The molecule has 2 aromatic rings. The van der Waals surface area contributed by atoms with Crippen molar-refractivity contribution in [3.63, 3.8) is 0 Å². The van der Waals surface area contributed by atoms with Gasteiger partial charge in [-0.05, 0) is 24.3 Å². The van der Waals surface area contributed by atoms with Crippen molar-refractivity contribution in [1.82, 2.24) is 25.4 Å². The summed E-state index contributed by atoms with van der Waals surface area (Å²) < 4.78 is 8.08. The fourth-order valence-electron chi connectivity index (χ4n) is 3.34. The van der Waals surface area contributed by atoms with Crippen LogP contribution >= 0.6 is 0 Å². The maximum absolute atomic E-state index is 5.82. The molecule has 2 heterocycles. The van der Waals surface area contributed by atoms with Crippen molar-refractivity contribution in [3.05, 3.63) is 47.5 Å². The van der Waals surface area contributed by atoms with Crippen LogP contribution in [0.25, 0.3) is 0 Å². The van der Waals surface area contributed by atoms with Gasteiger partial charge in [0.15, 0.2) is 11.8 Å². The van der Waals surface area contributed by atoms with Gasteiger partial charge < -0.3 is 19.9 Å². The monoisotopic (exact) mass is 384 g/mol. The van der Waals surface area contributed by atoms with Gasteiger partial charge in [-0.15, -0.1) is 10.2 Å². The Bertz CT molecular complexity index is 743. The summed E-state index contributed by atoms with van der Waals surface area (Å²) in [6.07, 6.45) is 4.70. The molecule has 1 atom stereocenters. The third kappa shape index (κ3) is 6.05. The lowest BCUT2D eigenvalue weighted by Gasteiger charge is -2.16. The molecule has 152 valence electrons. The van der Waals surface area contributed by atoms with Crippen LogP contribution in [0.1, 0.15) is 43.4 Å². The maximum Gasteiger partial charge on any atom is 0.191 e. The largest absolute Gasteiger partial charge is 0.376 e. The molecule has 7 heteroatoms. The molecule has 0 saturated carbocycles. The Hall–Kier alpha value is -2.41. The number of aliphatic imine (C=N–C) groups is 1. The number of ether oxygens (including phenoxy) is 1. The first-order chi connectivity index (χ1) is 13.8. The fourth-order valence-corrected chi connectivity index (χ4v) is 3.34. The number of nitrogens with one attached hydrogen (secondary N) is 2. The van der Waals surface area contributed by atoms with Crippen molar-refractivity contribution in [2.75, 3.05) is 20.2 Å². The molecule has 1 aliphatic heterocycles. The third-order valence-corrected chi connectivity index (χ3v) is 4.96. The standard InChI is InChI=1S/C21H32N6O/c1-17(15-28-16-18-9-5-3-6-10-18)13-23-21(22-2)24-14-20-26-25-19-11-7-4-8-12-27(19)20/h3,5-6,9-10,17H,4,7-8,11-16H2,1-2H3,(H2,22,23,24). The number of aromatic nitrogens is 3. The highest BCUT2D eigenvalue weighted by Crippen LogP contribution is 2.14. The lowest BCUT2D eigenvalue weighted by Crippen LogP contribution is -2.40. The quantitative estimate of drug-likeness (QED) is 0.540. The van der Waals surface area contributed by atoms with Crippen LogP contribution in [0.2, 0.25) is 0 Å². The van der Waals surface area contributed by atoms with Gasteiger partial charge in [0.25, 0.3) is 0 Å². The van der Waals surface area contributed by atoms with Crippen LogP contribution in [0, 0.1) is 5.92 Å². The molecule has 7 nitrogen and oxygen atoms in total. The van der Waals surface area contributed by atoms with Crippen molar-refractivity contribution in [2.45, 2.75) is 52.3 Å². The highest BCUT2D eigenvalue weighted by atomic mass is 16.5. The molecule has 1 unspecified atom stereocenters. The van der Waals surface area contributed by atoms with Crippen LogP contribution in [0.5, 0.6) is 0 Å². The minimum atomic E-state index is 0.381. The van der Waals surface area contributed by atoms with Crippen LogP contribution in [-0.2, 0) is 30.9 Å². The van der Waals surface area contributed by atoms with E-state index in [0.29, 0.717) is 25.7 Å². The number of guanidine groups is 1. The summed E-state index contributed by atoms with van der Waals surface area (Å²) in [6.45, 7) is 5.97. The Kier molecular flexibility index (Phi) is 7.84. The molecular formula is C21H32N6O. The molecule has 1 aliphatic rings. The minimum absolute atomic E-state index is 0.381. The second-order valence-electron chi connectivity index (χ2n) is 7.41. The van der Waals surface area contributed by atoms with E-state index in [1.165, 1.54) is 24.8 Å². The van der Waals surface area contributed by atoms with Crippen molar-refractivity contribution in [1.29, 1.82) is 0 Å². The molecule has 2 N–H and O–H groups in total. The van der Waals surface area contributed by atoms with E-state index in [1.807, 2.05) is 18.2 Å². The molecule has 0 spiro atoms. The summed E-state index contributed by atoms with van der Waals surface area (Å²) in [5, 5.41) is 15.4. The molecule has 1 aromatic carbocycles. The molecule has 0 bridgehead atoms. The van der Waals surface area contributed by atoms with Gasteiger partial charge in [0, 0.05) is 26.6 Å². The Morgan fingerprint density at radius 1 is 1.18 bits per heavy atom. The summed E-state index contributed by atoms with van der Waals surface area (Å²) >= 11 is 0. The second-order valence-corrected chi connectivity index (χ2v) is 7.41. The Balaban J connectivity index is 1.38. The van der Waals surface area contributed by atoms with Gasteiger partial charge in [0.1, 0.15) is 5.82 Å². The predicted molar refractivity (Wildman–Crippen MR) is 111 cm³/mol. The lowest BCUT2D eigenvalue weighted by atomic mass is 10.2. The van der Waals surface area contributed by atoms with Gasteiger partial charge in [-0.2, -0.15) is 0 Å². The topological polar surface area (TPSA) is 76.4 Å². The van der Waals surface area contributed by atoms with E-state index in [-0.39, 0.29) is 0 Å². The number of rotatable bonds is 8. The zero-order valence-electron chi connectivity index (χ0n) is 17.0. The van der Waals surface area contributed by atoms with Crippen molar-refractivity contribution in [2.24, 2.45) is 10.9 Å². The zero-order chi connectivity index (χ0) is 19.6. The highest BCUT2D eigenvalue weighted by Gasteiger charge is 2.14. The predicted octanol–water partition coefficient (Wildman–Crippen LogP) is 2.52. The van der Waals surface area contributed by atoms with Gasteiger partial charge >= 0.3 is 0 Å². The Labute approximate surface area is 167 Å². The van der Waals surface area contributed by atoms with Gasteiger partial charge in [-0.3, -0.25) is 4.99 Å². The Morgan fingerprint density at radius 3 is 2.86 bits per heavy atom. The normalized spacial score (nSPS) is 15.6. The van der Waals surface area contributed by atoms with Gasteiger partial charge in [0.2, 0.25) is 0 Å². The summed E-state index contributed by atoms with van der Waals surface area (Å²) in [7, 11) is 1.79. The first kappa shape index (κ1) is 20.3. The van der Waals surface area contributed by atoms with E-state index in [2.05, 4.69) is 49.4 Å². The summed E-state index contributed by atoms with van der Waals surface area (Å²) in [6, 6.07) is 10.3. The molecule has 0 fully saturated rings. The molecule has 28 heavy (non-hydrogen) atoms. The first-order valence-electron chi connectivity index (χ1n) is 10.2. The Morgan fingerprint density at radius 2 is 2.04 bits per heavy atom. The SMILES string of the molecule is CN=C(NCc1nnc2n1CCCCC2)NCC(C)COCc1ccccc1. The van der Waals surface area contributed by atoms with E-state index in [9.17, 15) is 0 Å². The fraction of sp³-hybridized carbons (Fsp3) is 0.571. The van der Waals surface area contributed by atoms with Crippen LogP contribution < -0.4 is 10.6 Å². The van der Waals surface area contributed by atoms with Gasteiger partial charge in [-0.25, -0.2) is 0 Å². The van der Waals surface area contributed by atoms with E-state index in [1.54, 1.807) is 7.05 Å². The molecule has 0 aliphatic carbocycles. The molecule has 0 saturated heterocycles. The van der Waals surface area contributed by atoms with Crippen molar-refractivity contribution in [3.8, 4) is 0 Å². The average molecular weight is 385 g/mol. The number of nitrogens with zero attached hydrogens (tertiary/aromatic N) is 4. The van der Waals surface area contributed by atoms with E-state index in [0.717, 1.165) is 37.1 Å². The summed E-state index contributed by atoms with van der Waals surface area (Å²) in [5.41, 5.74) is 1.20. The molecule has 0 radical (unpaired) electrons. The smallest absolute Gasteiger partial charge is 0.191 e. The van der Waals surface area contributed by atoms with Crippen molar-refractivity contribution >= 4 is 5.96 Å². The molecule has 0 amide bonds. The van der Waals surface area contributed by atoms with Gasteiger partial charge in [0.05, 0.1) is 19.8 Å². The second kappa shape index (κ2) is 10.8. The number of aryl methyl sites for hydroxylation is 1. The summed E-state index contributed by atoms with van der Waals surface area (Å²) in [5.74, 6) is 3.26. The number of hydrogen-bond donors (Lipinski definition) is 2. The van der Waals surface area contributed by atoms with Crippen LogP contribution in [0.3, 0.4) is 0 Å².